The quantitative estimate of drug-likeness (QED) is 0.682. The Morgan fingerprint density at radius 2 is 1.78 bits per heavy atom. The molecule has 172 valence electrons. The molecule has 6 heteroatoms. The molecule has 2 amide bonds. The molecule has 3 fully saturated rings. The number of carbonyl (C=O) groups excluding carboxylic acids is 2. The van der Waals surface area contributed by atoms with Crippen molar-refractivity contribution in [1.82, 2.24) is 10.2 Å². The highest BCUT2D eigenvalue weighted by Crippen LogP contribution is 2.49. The molecule has 0 spiro atoms. The van der Waals surface area contributed by atoms with Crippen LogP contribution in [0.3, 0.4) is 0 Å². The lowest BCUT2D eigenvalue weighted by Crippen LogP contribution is -2.59. The van der Waals surface area contributed by atoms with Crippen molar-refractivity contribution in [2.45, 2.75) is 76.4 Å². The Kier molecular flexibility index (Phi) is 6.01. The van der Waals surface area contributed by atoms with E-state index in [1.54, 1.807) is 0 Å². The lowest BCUT2D eigenvalue weighted by atomic mass is 9.72. The largest absolute Gasteiger partial charge is 0.480 e. The second-order valence-electron chi connectivity index (χ2n) is 10.6. The molecular weight excluding hydrogens is 404 g/mol. The van der Waals surface area contributed by atoms with Gasteiger partial charge in [0.1, 0.15) is 5.54 Å². The van der Waals surface area contributed by atoms with Gasteiger partial charge in [-0.15, -0.1) is 0 Å². The minimum absolute atomic E-state index is 0.247. The number of hydrogen-bond acceptors (Lipinski definition) is 4. The number of aliphatic carboxylic acids is 1. The van der Waals surface area contributed by atoms with Crippen LogP contribution in [0.4, 0.5) is 0 Å². The molecule has 0 bridgehead atoms. The van der Waals surface area contributed by atoms with Gasteiger partial charge in [0.2, 0.25) is 11.8 Å². The maximum absolute atomic E-state index is 13.6. The first-order valence-corrected chi connectivity index (χ1v) is 11.8. The molecule has 4 rings (SSSR count). The van der Waals surface area contributed by atoms with Crippen molar-refractivity contribution >= 4 is 23.9 Å². The Balaban J connectivity index is 1.74. The van der Waals surface area contributed by atoms with Crippen LogP contribution in [0.15, 0.2) is 36.4 Å². The van der Waals surface area contributed by atoms with Crippen LogP contribution in [0.25, 0.3) is 6.08 Å². The van der Waals surface area contributed by atoms with E-state index in [1.807, 2.05) is 63.3 Å². The molecule has 1 aromatic rings. The first-order valence-electron chi connectivity index (χ1n) is 11.8. The minimum Gasteiger partial charge on any atom is -0.480 e. The first-order chi connectivity index (χ1) is 15.1. The SMILES string of the molecule is CC(C)(C)N1C(=O)C2C(C=Cc3ccccc3)NC(CC3CCCCC3)(C(=O)O)C2C1=O. The molecule has 0 aromatic heterocycles. The Hall–Kier alpha value is -2.47. The van der Waals surface area contributed by atoms with Gasteiger partial charge in [-0.05, 0) is 38.7 Å². The number of nitrogens with zero attached hydrogens (tertiary/aromatic N) is 1. The van der Waals surface area contributed by atoms with E-state index >= 15 is 0 Å². The second kappa shape index (κ2) is 8.47. The highest BCUT2D eigenvalue weighted by Gasteiger charge is 2.69. The summed E-state index contributed by atoms with van der Waals surface area (Å²) in [6.45, 7) is 5.49. The molecule has 1 aliphatic carbocycles. The molecule has 2 aliphatic heterocycles. The van der Waals surface area contributed by atoms with Gasteiger partial charge in [0.05, 0.1) is 11.8 Å². The average Bonchev–Trinajstić information content (AvgIpc) is 3.22. The van der Waals surface area contributed by atoms with Crippen molar-refractivity contribution in [2.75, 3.05) is 0 Å². The Morgan fingerprint density at radius 3 is 2.38 bits per heavy atom. The van der Waals surface area contributed by atoms with Crippen molar-refractivity contribution < 1.29 is 19.5 Å². The van der Waals surface area contributed by atoms with E-state index in [0.29, 0.717) is 6.42 Å². The van der Waals surface area contributed by atoms with Crippen LogP contribution in [0.2, 0.25) is 0 Å². The molecular formula is C26H34N2O4. The van der Waals surface area contributed by atoms with Crippen molar-refractivity contribution in [3.8, 4) is 0 Å². The van der Waals surface area contributed by atoms with Gasteiger partial charge < -0.3 is 5.11 Å². The summed E-state index contributed by atoms with van der Waals surface area (Å²) in [5.74, 6) is -2.99. The van der Waals surface area contributed by atoms with E-state index in [1.165, 1.54) is 11.3 Å². The molecule has 1 aromatic carbocycles. The second-order valence-corrected chi connectivity index (χ2v) is 10.6. The van der Waals surface area contributed by atoms with Crippen LogP contribution in [-0.2, 0) is 14.4 Å². The zero-order valence-electron chi connectivity index (χ0n) is 19.2. The number of carbonyl (C=O) groups is 3. The summed E-state index contributed by atoms with van der Waals surface area (Å²) in [5, 5.41) is 13.8. The number of rotatable bonds is 5. The van der Waals surface area contributed by atoms with E-state index in [0.717, 1.165) is 31.2 Å². The van der Waals surface area contributed by atoms with Crippen LogP contribution < -0.4 is 5.32 Å². The molecule has 6 nitrogen and oxygen atoms in total. The summed E-state index contributed by atoms with van der Waals surface area (Å²) in [4.78, 5) is 41.2. The molecule has 0 radical (unpaired) electrons. The van der Waals surface area contributed by atoms with Crippen molar-refractivity contribution in [3.63, 3.8) is 0 Å². The zero-order valence-corrected chi connectivity index (χ0v) is 19.2. The monoisotopic (exact) mass is 438 g/mol. The van der Waals surface area contributed by atoms with Crippen molar-refractivity contribution in [3.05, 3.63) is 42.0 Å². The number of amides is 2. The van der Waals surface area contributed by atoms with Crippen LogP contribution in [0, 0.1) is 17.8 Å². The number of nitrogens with one attached hydrogen (secondary N) is 1. The molecule has 2 heterocycles. The molecule has 4 atom stereocenters. The topological polar surface area (TPSA) is 86.7 Å². The number of hydrogen-bond donors (Lipinski definition) is 2. The normalized spacial score (nSPS) is 31.5. The predicted octanol–water partition coefficient (Wildman–Crippen LogP) is 3.87. The van der Waals surface area contributed by atoms with Gasteiger partial charge in [0.15, 0.2) is 0 Å². The third-order valence-electron chi connectivity index (χ3n) is 7.38. The van der Waals surface area contributed by atoms with Crippen molar-refractivity contribution in [1.29, 1.82) is 0 Å². The van der Waals surface area contributed by atoms with Gasteiger partial charge in [0, 0.05) is 11.6 Å². The van der Waals surface area contributed by atoms with Crippen LogP contribution >= 0.6 is 0 Å². The van der Waals surface area contributed by atoms with Gasteiger partial charge in [-0.25, -0.2) is 0 Å². The van der Waals surface area contributed by atoms with Crippen LogP contribution in [0.1, 0.15) is 64.9 Å². The summed E-state index contributed by atoms with van der Waals surface area (Å²) < 4.78 is 0. The van der Waals surface area contributed by atoms with Gasteiger partial charge in [0.25, 0.3) is 0 Å². The van der Waals surface area contributed by atoms with Gasteiger partial charge >= 0.3 is 5.97 Å². The summed E-state index contributed by atoms with van der Waals surface area (Å²) >= 11 is 0. The maximum atomic E-state index is 13.6. The first kappa shape index (κ1) is 22.7. The van der Waals surface area contributed by atoms with Crippen molar-refractivity contribution in [2.24, 2.45) is 17.8 Å². The fraction of sp³-hybridized carbons (Fsp3) is 0.577. The fourth-order valence-electron chi connectivity index (χ4n) is 5.97. The number of fused-ring (bicyclic) bond motifs is 1. The van der Waals surface area contributed by atoms with Crippen LogP contribution in [-0.4, -0.2) is 44.9 Å². The Morgan fingerprint density at radius 1 is 1.12 bits per heavy atom. The summed E-state index contributed by atoms with van der Waals surface area (Å²) in [5.41, 5.74) is -1.15. The minimum atomic E-state index is -1.43. The summed E-state index contributed by atoms with van der Waals surface area (Å²) in [6, 6.07) is 9.20. The Labute approximate surface area is 190 Å². The number of carboxylic acid groups (broad SMARTS) is 1. The number of carboxylic acids is 1. The predicted molar refractivity (Wildman–Crippen MR) is 123 cm³/mol. The smallest absolute Gasteiger partial charge is 0.324 e. The summed E-state index contributed by atoms with van der Waals surface area (Å²) in [7, 11) is 0. The van der Waals surface area contributed by atoms with Gasteiger partial charge in [-0.2, -0.15) is 0 Å². The average molecular weight is 439 g/mol. The zero-order chi connectivity index (χ0) is 23.1. The molecule has 4 unspecified atom stereocenters. The molecule has 2 saturated heterocycles. The highest BCUT2D eigenvalue weighted by molar-refractivity contribution is 6.10. The molecule has 2 N–H and O–H groups in total. The van der Waals surface area contributed by atoms with Gasteiger partial charge in [-0.1, -0.05) is 74.6 Å². The number of benzene rings is 1. The van der Waals surface area contributed by atoms with E-state index in [9.17, 15) is 19.5 Å². The number of likely N-dealkylation sites (tertiary alicyclic amines) is 1. The van der Waals surface area contributed by atoms with E-state index in [2.05, 4.69) is 5.32 Å². The Bertz CT molecular complexity index is 914. The third kappa shape index (κ3) is 3.90. The third-order valence-corrected chi connectivity index (χ3v) is 7.38. The fourth-order valence-corrected chi connectivity index (χ4v) is 5.97. The molecule has 32 heavy (non-hydrogen) atoms. The molecule has 3 aliphatic rings. The van der Waals surface area contributed by atoms with Gasteiger partial charge in [-0.3, -0.25) is 24.6 Å². The lowest BCUT2D eigenvalue weighted by molar-refractivity contribution is -0.154. The number of imide groups is 1. The lowest BCUT2D eigenvalue weighted by Gasteiger charge is -2.37. The standard InChI is InChI=1S/C26H34N2O4/c1-25(2,3)28-22(29)20-19(15-14-17-10-6-4-7-11-17)27-26(24(31)32,21(20)23(28)30)16-18-12-8-5-9-13-18/h4,6-7,10-11,14-15,18-21,27H,5,8-9,12-13,16H2,1-3H3,(H,31,32). The van der Waals surface area contributed by atoms with E-state index in [-0.39, 0.29) is 17.7 Å². The summed E-state index contributed by atoms with van der Waals surface area (Å²) in [6.07, 6.45) is 9.47. The molecule has 1 saturated carbocycles. The van der Waals surface area contributed by atoms with E-state index < -0.39 is 34.9 Å². The van der Waals surface area contributed by atoms with E-state index in [4.69, 9.17) is 0 Å². The highest BCUT2D eigenvalue weighted by atomic mass is 16.4. The van der Waals surface area contributed by atoms with Crippen LogP contribution in [0.5, 0.6) is 0 Å². The maximum Gasteiger partial charge on any atom is 0.324 e.